The van der Waals surface area contributed by atoms with Crippen LogP contribution in [0.5, 0.6) is 0 Å². The lowest BCUT2D eigenvalue weighted by atomic mass is 10.0. The SMILES string of the molecule is CCn1cc(CC(NN)c2cc(Cl)cc(Br)c2)cn1. The van der Waals surface area contributed by atoms with Crippen molar-refractivity contribution in [3.05, 3.63) is 51.2 Å². The summed E-state index contributed by atoms with van der Waals surface area (Å²) in [6.07, 6.45) is 4.67. The Morgan fingerprint density at radius 1 is 1.47 bits per heavy atom. The lowest BCUT2D eigenvalue weighted by Gasteiger charge is -2.16. The Labute approximate surface area is 126 Å². The van der Waals surface area contributed by atoms with Crippen LogP contribution in [0.4, 0.5) is 0 Å². The summed E-state index contributed by atoms with van der Waals surface area (Å²) < 4.78 is 2.84. The van der Waals surface area contributed by atoms with Crippen molar-refractivity contribution in [2.24, 2.45) is 5.84 Å². The molecule has 0 aliphatic rings. The number of hydrazine groups is 1. The van der Waals surface area contributed by atoms with Crippen LogP contribution in [0, 0.1) is 0 Å². The van der Waals surface area contributed by atoms with Crippen LogP contribution in [0.1, 0.15) is 24.1 Å². The molecule has 19 heavy (non-hydrogen) atoms. The van der Waals surface area contributed by atoms with E-state index in [1.165, 1.54) is 0 Å². The molecule has 0 bridgehead atoms. The number of nitrogens with two attached hydrogens (primary N) is 1. The first kappa shape index (κ1) is 14.5. The summed E-state index contributed by atoms with van der Waals surface area (Å²) in [7, 11) is 0. The molecular weight excluding hydrogens is 328 g/mol. The van der Waals surface area contributed by atoms with Gasteiger partial charge in [-0.1, -0.05) is 27.5 Å². The first-order valence-electron chi connectivity index (χ1n) is 6.05. The quantitative estimate of drug-likeness (QED) is 0.648. The van der Waals surface area contributed by atoms with Crippen molar-refractivity contribution < 1.29 is 0 Å². The van der Waals surface area contributed by atoms with Gasteiger partial charge in [0.15, 0.2) is 0 Å². The summed E-state index contributed by atoms with van der Waals surface area (Å²) in [5.41, 5.74) is 5.02. The standard InChI is InChI=1S/C13H16BrClN4/c1-2-19-8-9(7-17-19)3-13(18-16)10-4-11(14)6-12(15)5-10/h4-8,13,18H,2-3,16H2,1H3. The molecule has 0 amide bonds. The van der Waals surface area contributed by atoms with E-state index in [1.807, 2.05) is 35.3 Å². The fourth-order valence-corrected chi connectivity index (χ4v) is 2.86. The number of nitrogens with one attached hydrogen (secondary N) is 1. The largest absolute Gasteiger partial charge is 0.273 e. The van der Waals surface area contributed by atoms with Crippen molar-refractivity contribution in [1.82, 2.24) is 15.2 Å². The number of aromatic nitrogens is 2. The maximum absolute atomic E-state index is 6.07. The van der Waals surface area contributed by atoms with Crippen molar-refractivity contribution >= 4 is 27.5 Å². The summed E-state index contributed by atoms with van der Waals surface area (Å²) in [6.45, 7) is 2.92. The molecule has 1 atom stereocenters. The van der Waals surface area contributed by atoms with E-state index < -0.39 is 0 Å². The molecule has 2 aromatic rings. The molecule has 0 fully saturated rings. The molecule has 1 unspecified atom stereocenters. The number of rotatable bonds is 5. The minimum Gasteiger partial charge on any atom is -0.273 e. The minimum atomic E-state index is 0.00417. The van der Waals surface area contributed by atoms with E-state index in [9.17, 15) is 0 Å². The molecule has 102 valence electrons. The molecule has 0 saturated heterocycles. The van der Waals surface area contributed by atoms with Gasteiger partial charge in [-0.2, -0.15) is 5.10 Å². The van der Waals surface area contributed by atoms with Crippen LogP contribution in [0.2, 0.25) is 5.02 Å². The zero-order valence-electron chi connectivity index (χ0n) is 10.6. The molecule has 4 nitrogen and oxygen atoms in total. The normalized spacial score (nSPS) is 12.6. The van der Waals surface area contributed by atoms with E-state index in [4.69, 9.17) is 17.4 Å². The summed E-state index contributed by atoms with van der Waals surface area (Å²) in [6, 6.07) is 5.79. The second-order valence-electron chi connectivity index (χ2n) is 4.33. The van der Waals surface area contributed by atoms with E-state index >= 15 is 0 Å². The van der Waals surface area contributed by atoms with Crippen molar-refractivity contribution in [3.8, 4) is 0 Å². The Morgan fingerprint density at radius 3 is 2.84 bits per heavy atom. The fraction of sp³-hybridized carbons (Fsp3) is 0.308. The molecule has 0 radical (unpaired) electrons. The Bertz CT molecular complexity index is 535. The average molecular weight is 344 g/mol. The molecule has 1 aromatic carbocycles. The highest BCUT2D eigenvalue weighted by atomic mass is 79.9. The summed E-state index contributed by atoms with van der Waals surface area (Å²) in [5, 5.41) is 4.95. The Morgan fingerprint density at radius 2 is 2.26 bits per heavy atom. The zero-order valence-corrected chi connectivity index (χ0v) is 12.9. The third kappa shape index (κ3) is 3.79. The highest BCUT2D eigenvalue weighted by Crippen LogP contribution is 2.25. The van der Waals surface area contributed by atoms with Gasteiger partial charge < -0.3 is 0 Å². The highest BCUT2D eigenvalue weighted by Gasteiger charge is 2.13. The average Bonchev–Trinajstić information content (AvgIpc) is 2.82. The van der Waals surface area contributed by atoms with Gasteiger partial charge in [-0.15, -0.1) is 0 Å². The van der Waals surface area contributed by atoms with Crippen LogP contribution in [0.15, 0.2) is 35.1 Å². The van der Waals surface area contributed by atoms with Gasteiger partial charge in [0.2, 0.25) is 0 Å². The Kier molecular flexibility index (Phi) is 4.99. The number of nitrogens with zero attached hydrogens (tertiary/aromatic N) is 2. The molecule has 6 heteroatoms. The molecule has 0 saturated carbocycles. The zero-order chi connectivity index (χ0) is 13.8. The number of aryl methyl sites for hydroxylation is 1. The van der Waals surface area contributed by atoms with Crippen LogP contribution >= 0.6 is 27.5 Å². The predicted molar refractivity (Wildman–Crippen MR) is 80.8 cm³/mol. The van der Waals surface area contributed by atoms with E-state index in [0.29, 0.717) is 5.02 Å². The second-order valence-corrected chi connectivity index (χ2v) is 5.68. The van der Waals surface area contributed by atoms with Crippen molar-refractivity contribution in [2.45, 2.75) is 25.9 Å². The van der Waals surface area contributed by atoms with Crippen LogP contribution < -0.4 is 11.3 Å². The maximum Gasteiger partial charge on any atom is 0.0522 e. The van der Waals surface area contributed by atoms with E-state index in [-0.39, 0.29) is 6.04 Å². The molecule has 0 aliphatic heterocycles. The van der Waals surface area contributed by atoms with Crippen molar-refractivity contribution in [1.29, 1.82) is 0 Å². The first-order valence-corrected chi connectivity index (χ1v) is 7.23. The van der Waals surface area contributed by atoms with Gasteiger partial charge in [-0.05, 0) is 42.7 Å². The molecule has 2 rings (SSSR count). The van der Waals surface area contributed by atoms with Gasteiger partial charge in [-0.25, -0.2) is 0 Å². The Hall–Kier alpha value is -0.880. The predicted octanol–water partition coefficient (Wildman–Crippen LogP) is 3.07. The number of hydrogen-bond donors (Lipinski definition) is 2. The third-order valence-electron chi connectivity index (χ3n) is 2.94. The van der Waals surface area contributed by atoms with Crippen LogP contribution in [0.25, 0.3) is 0 Å². The minimum absolute atomic E-state index is 0.00417. The number of benzene rings is 1. The van der Waals surface area contributed by atoms with Crippen LogP contribution in [0.3, 0.4) is 0 Å². The first-order chi connectivity index (χ1) is 9.12. The fourth-order valence-electron chi connectivity index (χ4n) is 1.97. The second kappa shape index (κ2) is 6.52. The molecule has 0 spiro atoms. The smallest absolute Gasteiger partial charge is 0.0522 e. The Balaban J connectivity index is 2.19. The lowest BCUT2D eigenvalue weighted by molar-refractivity contribution is 0.551. The van der Waals surface area contributed by atoms with Crippen LogP contribution in [-0.4, -0.2) is 9.78 Å². The molecule has 1 heterocycles. The highest BCUT2D eigenvalue weighted by molar-refractivity contribution is 9.10. The maximum atomic E-state index is 6.07. The van der Waals surface area contributed by atoms with Gasteiger partial charge in [0, 0.05) is 22.2 Å². The lowest BCUT2D eigenvalue weighted by Crippen LogP contribution is -2.29. The van der Waals surface area contributed by atoms with Gasteiger partial charge in [0.25, 0.3) is 0 Å². The van der Waals surface area contributed by atoms with E-state index in [0.717, 1.165) is 28.6 Å². The summed E-state index contributed by atoms with van der Waals surface area (Å²) in [5.74, 6) is 5.66. The van der Waals surface area contributed by atoms with Crippen LogP contribution in [-0.2, 0) is 13.0 Å². The molecular formula is C13H16BrClN4. The number of halogens is 2. The molecule has 3 N–H and O–H groups in total. The van der Waals surface area contributed by atoms with Gasteiger partial charge in [0.05, 0.1) is 12.2 Å². The molecule has 0 aliphatic carbocycles. The number of hydrogen-bond acceptors (Lipinski definition) is 3. The summed E-state index contributed by atoms with van der Waals surface area (Å²) in [4.78, 5) is 0. The monoisotopic (exact) mass is 342 g/mol. The third-order valence-corrected chi connectivity index (χ3v) is 3.62. The van der Waals surface area contributed by atoms with Crippen molar-refractivity contribution in [2.75, 3.05) is 0 Å². The summed E-state index contributed by atoms with van der Waals surface area (Å²) >= 11 is 9.51. The topological polar surface area (TPSA) is 55.9 Å². The van der Waals surface area contributed by atoms with E-state index in [2.05, 4.69) is 33.4 Å². The molecule has 1 aromatic heterocycles. The van der Waals surface area contributed by atoms with Gasteiger partial charge in [0.1, 0.15) is 0 Å². The van der Waals surface area contributed by atoms with Gasteiger partial charge >= 0.3 is 0 Å². The van der Waals surface area contributed by atoms with Crippen molar-refractivity contribution in [3.63, 3.8) is 0 Å². The van der Waals surface area contributed by atoms with E-state index in [1.54, 1.807) is 0 Å². The van der Waals surface area contributed by atoms with Gasteiger partial charge in [-0.3, -0.25) is 16.0 Å².